The van der Waals surface area contributed by atoms with E-state index in [1.54, 1.807) is 29.2 Å². The van der Waals surface area contributed by atoms with E-state index < -0.39 is 11.7 Å². The fourth-order valence-corrected chi connectivity index (χ4v) is 2.91. The van der Waals surface area contributed by atoms with Crippen molar-refractivity contribution in [2.75, 3.05) is 31.6 Å². The first-order valence-electron chi connectivity index (χ1n) is 8.24. The van der Waals surface area contributed by atoms with Crippen molar-refractivity contribution in [3.05, 3.63) is 64.4 Å². The Balaban J connectivity index is 1.73. The van der Waals surface area contributed by atoms with Crippen LogP contribution in [-0.2, 0) is 16.0 Å². The molecular formula is C19H18ClFN2O3. The van der Waals surface area contributed by atoms with Crippen LogP contribution in [0.25, 0.3) is 0 Å². The summed E-state index contributed by atoms with van der Waals surface area (Å²) < 4.78 is 19.1. The number of ether oxygens (including phenoxy) is 1. The molecular weight excluding hydrogens is 359 g/mol. The molecule has 5 nitrogen and oxygen atoms in total. The molecule has 2 aromatic rings. The SMILES string of the molecule is O=C(Cc1ccc(Cl)cc1F)Nc1ccccc1C(=O)N1CCOCC1. The predicted molar refractivity (Wildman–Crippen MR) is 96.9 cm³/mol. The van der Waals surface area contributed by atoms with E-state index in [0.717, 1.165) is 0 Å². The Morgan fingerprint density at radius 2 is 1.88 bits per heavy atom. The van der Waals surface area contributed by atoms with E-state index in [2.05, 4.69) is 5.32 Å². The molecule has 0 radical (unpaired) electrons. The molecule has 0 bridgehead atoms. The normalized spacial score (nSPS) is 14.2. The number of halogens is 2. The fourth-order valence-electron chi connectivity index (χ4n) is 2.75. The van der Waals surface area contributed by atoms with Gasteiger partial charge in [-0.2, -0.15) is 0 Å². The Bertz CT molecular complexity index is 822. The lowest BCUT2D eigenvalue weighted by molar-refractivity contribution is -0.115. The lowest BCUT2D eigenvalue weighted by Crippen LogP contribution is -2.41. The van der Waals surface area contributed by atoms with Gasteiger partial charge in [0.1, 0.15) is 5.82 Å². The third-order valence-corrected chi connectivity index (χ3v) is 4.33. The standard InChI is InChI=1S/C19H18ClFN2O3/c20-14-6-5-13(16(21)12-14)11-18(24)22-17-4-2-1-3-15(17)19(25)23-7-9-26-10-8-23/h1-6,12H,7-11H2,(H,22,24). The van der Waals surface area contributed by atoms with Gasteiger partial charge in [-0.25, -0.2) is 4.39 Å². The predicted octanol–water partition coefficient (Wildman–Crippen LogP) is 3.13. The van der Waals surface area contributed by atoms with Crippen LogP contribution < -0.4 is 5.32 Å². The van der Waals surface area contributed by atoms with Gasteiger partial charge in [0.25, 0.3) is 5.91 Å². The smallest absolute Gasteiger partial charge is 0.256 e. The molecule has 0 atom stereocenters. The molecule has 0 aliphatic carbocycles. The van der Waals surface area contributed by atoms with E-state index in [-0.39, 0.29) is 22.9 Å². The number of benzene rings is 2. The molecule has 1 fully saturated rings. The van der Waals surface area contributed by atoms with Gasteiger partial charge in [0.15, 0.2) is 0 Å². The van der Waals surface area contributed by atoms with Crippen LogP contribution in [0, 0.1) is 5.82 Å². The number of para-hydroxylation sites is 1. The summed E-state index contributed by atoms with van der Waals surface area (Å²) in [5.74, 6) is -1.11. The van der Waals surface area contributed by atoms with E-state index in [1.165, 1.54) is 18.2 Å². The first kappa shape index (κ1) is 18.4. The Morgan fingerprint density at radius 1 is 1.15 bits per heavy atom. The third-order valence-electron chi connectivity index (χ3n) is 4.10. The molecule has 2 amide bonds. The van der Waals surface area contributed by atoms with Crippen molar-refractivity contribution >= 4 is 29.1 Å². The number of nitrogens with zero attached hydrogens (tertiary/aromatic N) is 1. The number of carbonyl (C=O) groups excluding carboxylic acids is 2. The highest BCUT2D eigenvalue weighted by Crippen LogP contribution is 2.20. The van der Waals surface area contributed by atoms with Gasteiger partial charge >= 0.3 is 0 Å². The summed E-state index contributed by atoms with van der Waals surface area (Å²) >= 11 is 5.72. The lowest BCUT2D eigenvalue weighted by Gasteiger charge is -2.27. The maximum atomic E-state index is 13.9. The van der Waals surface area contributed by atoms with E-state index in [9.17, 15) is 14.0 Å². The van der Waals surface area contributed by atoms with Gasteiger partial charge in [0, 0.05) is 18.1 Å². The topological polar surface area (TPSA) is 58.6 Å². The molecule has 136 valence electrons. The van der Waals surface area contributed by atoms with Gasteiger partial charge < -0.3 is 15.0 Å². The largest absolute Gasteiger partial charge is 0.378 e. The molecule has 1 aliphatic heterocycles. The van der Waals surface area contributed by atoms with E-state index in [1.807, 2.05) is 0 Å². The average molecular weight is 377 g/mol. The molecule has 0 unspecified atom stereocenters. The highest BCUT2D eigenvalue weighted by molar-refractivity contribution is 6.30. The van der Waals surface area contributed by atoms with Gasteiger partial charge in [0.2, 0.25) is 5.91 Å². The maximum absolute atomic E-state index is 13.9. The van der Waals surface area contributed by atoms with Crippen LogP contribution in [0.1, 0.15) is 15.9 Å². The van der Waals surface area contributed by atoms with Crippen molar-refractivity contribution in [3.8, 4) is 0 Å². The maximum Gasteiger partial charge on any atom is 0.256 e. The summed E-state index contributed by atoms with van der Waals surface area (Å²) in [6, 6.07) is 11.0. The van der Waals surface area contributed by atoms with Gasteiger partial charge in [-0.1, -0.05) is 29.8 Å². The van der Waals surface area contributed by atoms with E-state index in [0.29, 0.717) is 37.6 Å². The quantitative estimate of drug-likeness (QED) is 0.891. The molecule has 0 spiro atoms. The minimum atomic E-state index is -0.537. The first-order chi connectivity index (χ1) is 12.5. The number of hydrogen-bond acceptors (Lipinski definition) is 3. The van der Waals surface area contributed by atoms with Crippen LogP contribution in [0.5, 0.6) is 0 Å². The van der Waals surface area contributed by atoms with Crippen molar-refractivity contribution in [3.63, 3.8) is 0 Å². The van der Waals surface area contributed by atoms with E-state index >= 15 is 0 Å². The Morgan fingerprint density at radius 3 is 2.62 bits per heavy atom. The van der Waals surface area contributed by atoms with Gasteiger partial charge in [0.05, 0.1) is 30.9 Å². The summed E-state index contributed by atoms with van der Waals surface area (Å²) in [5, 5.41) is 2.97. The summed E-state index contributed by atoms with van der Waals surface area (Å²) in [5.41, 5.74) is 1.05. The zero-order chi connectivity index (χ0) is 18.5. The molecule has 1 heterocycles. The molecule has 1 aliphatic rings. The lowest BCUT2D eigenvalue weighted by atomic mass is 10.1. The Labute approximate surface area is 155 Å². The van der Waals surface area contributed by atoms with Crippen LogP contribution in [0.4, 0.5) is 10.1 Å². The van der Waals surface area contributed by atoms with Crippen molar-refractivity contribution in [1.29, 1.82) is 0 Å². The summed E-state index contributed by atoms with van der Waals surface area (Å²) in [4.78, 5) is 26.7. The third kappa shape index (κ3) is 4.39. The van der Waals surface area contributed by atoms with Crippen LogP contribution in [0.2, 0.25) is 5.02 Å². The summed E-state index contributed by atoms with van der Waals surface area (Å²) in [7, 11) is 0. The first-order valence-corrected chi connectivity index (χ1v) is 8.62. The number of nitrogens with one attached hydrogen (secondary N) is 1. The second kappa shape index (κ2) is 8.29. The van der Waals surface area contributed by atoms with Crippen LogP contribution in [0.3, 0.4) is 0 Å². The molecule has 0 aromatic heterocycles. The molecule has 1 N–H and O–H groups in total. The monoisotopic (exact) mass is 376 g/mol. The second-order valence-corrected chi connectivity index (χ2v) is 6.35. The number of carbonyl (C=O) groups is 2. The number of morpholine rings is 1. The van der Waals surface area contributed by atoms with Crippen LogP contribution >= 0.6 is 11.6 Å². The molecule has 1 saturated heterocycles. The Hall–Kier alpha value is -2.44. The van der Waals surface area contributed by atoms with Crippen molar-refractivity contribution in [2.24, 2.45) is 0 Å². The summed E-state index contributed by atoms with van der Waals surface area (Å²) in [6.45, 7) is 2.01. The number of hydrogen-bond donors (Lipinski definition) is 1. The molecule has 3 rings (SSSR count). The zero-order valence-corrected chi connectivity index (χ0v) is 14.8. The van der Waals surface area contributed by atoms with Gasteiger partial charge in [-0.05, 0) is 29.8 Å². The Kier molecular flexibility index (Phi) is 5.85. The molecule has 26 heavy (non-hydrogen) atoms. The zero-order valence-electron chi connectivity index (χ0n) is 14.0. The van der Waals surface area contributed by atoms with Crippen molar-refractivity contribution in [1.82, 2.24) is 4.90 Å². The molecule has 0 saturated carbocycles. The number of anilines is 1. The fraction of sp³-hybridized carbons (Fsp3) is 0.263. The summed E-state index contributed by atoms with van der Waals surface area (Å²) in [6.07, 6.45) is -0.150. The highest BCUT2D eigenvalue weighted by Gasteiger charge is 2.21. The van der Waals surface area contributed by atoms with Crippen molar-refractivity contribution < 1.29 is 18.7 Å². The second-order valence-electron chi connectivity index (χ2n) is 5.91. The highest BCUT2D eigenvalue weighted by atomic mass is 35.5. The van der Waals surface area contributed by atoms with Crippen molar-refractivity contribution in [2.45, 2.75) is 6.42 Å². The van der Waals surface area contributed by atoms with E-state index in [4.69, 9.17) is 16.3 Å². The molecule has 7 heteroatoms. The molecule has 2 aromatic carbocycles. The van der Waals surface area contributed by atoms with Gasteiger partial charge in [-0.3, -0.25) is 9.59 Å². The van der Waals surface area contributed by atoms with Crippen LogP contribution in [-0.4, -0.2) is 43.0 Å². The number of rotatable bonds is 4. The minimum absolute atomic E-state index is 0.150. The number of amides is 2. The van der Waals surface area contributed by atoms with Gasteiger partial charge in [-0.15, -0.1) is 0 Å². The minimum Gasteiger partial charge on any atom is -0.378 e. The average Bonchev–Trinajstić information content (AvgIpc) is 2.65. The van der Waals surface area contributed by atoms with Crippen LogP contribution in [0.15, 0.2) is 42.5 Å².